The third-order valence-corrected chi connectivity index (χ3v) is 1.64. The Kier molecular flexibility index (Phi) is 3.25. The standard InChI is InChI=1S/C5H2F10N2O/c6-2(7,8)1-3(9,16-1)18-17(4(10,11)12)5(13,14)15/h1,16H. The average Bonchev–Trinajstić information content (AvgIpc) is 2.70. The van der Waals surface area contributed by atoms with Gasteiger partial charge in [0.05, 0.1) is 0 Å². The van der Waals surface area contributed by atoms with Crippen molar-refractivity contribution >= 4 is 0 Å². The van der Waals surface area contributed by atoms with E-state index in [0.717, 1.165) is 0 Å². The van der Waals surface area contributed by atoms with Crippen LogP contribution in [0.1, 0.15) is 0 Å². The minimum atomic E-state index is -6.25. The first kappa shape index (κ1) is 15.2. The van der Waals surface area contributed by atoms with Crippen molar-refractivity contribution < 1.29 is 48.7 Å². The fourth-order valence-electron chi connectivity index (χ4n) is 0.907. The van der Waals surface area contributed by atoms with Gasteiger partial charge in [0.15, 0.2) is 6.04 Å². The summed E-state index contributed by atoms with van der Waals surface area (Å²) in [7, 11) is 0. The number of halogens is 10. The molecule has 2 unspecified atom stereocenters. The molecule has 0 amide bonds. The Hall–Kier alpha value is -0.820. The van der Waals surface area contributed by atoms with Crippen molar-refractivity contribution in [1.82, 2.24) is 10.4 Å². The molecule has 1 rings (SSSR count). The molecule has 0 aromatic carbocycles. The molecule has 13 heteroatoms. The molecule has 1 heterocycles. The molecule has 1 aliphatic heterocycles. The first-order chi connectivity index (χ1) is 7.68. The predicted octanol–water partition coefficient (Wildman–Crippen LogP) is 2.42. The molecule has 1 saturated heterocycles. The summed E-state index contributed by atoms with van der Waals surface area (Å²) in [4.78, 5) is 2.70. The van der Waals surface area contributed by atoms with Gasteiger partial charge in [0.2, 0.25) is 0 Å². The van der Waals surface area contributed by atoms with E-state index in [1.165, 1.54) is 0 Å². The van der Waals surface area contributed by atoms with E-state index in [0.29, 0.717) is 5.32 Å². The second-order valence-electron chi connectivity index (χ2n) is 3.09. The third-order valence-electron chi connectivity index (χ3n) is 1.64. The van der Waals surface area contributed by atoms with E-state index in [-0.39, 0.29) is 0 Å². The zero-order chi connectivity index (χ0) is 14.6. The molecule has 3 nitrogen and oxygen atoms in total. The van der Waals surface area contributed by atoms with Crippen LogP contribution in [0.3, 0.4) is 0 Å². The molecule has 1 aliphatic rings. The molecule has 1 fully saturated rings. The van der Waals surface area contributed by atoms with Gasteiger partial charge >= 0.3 is 24.8 Å². The van der Waals surface area contributed by atoms with Crippen molar-refractivity contribution in [2.24, 2.45) is 0 Å². The van der Waals surface area contributed by atoms with E-state index < -0.39 is 35.9 Å². The van der Waals surface area contributed by atoms with Gasteiger partial charge in [0.1, 0.15) is 0 Å². The Morgan fingerprint density at radius 1 is 0.889 bits per heavy atom. The van der Waals surface area contributed by atoms with Gasteiger partial charge in [-0.25, -0.2) is 10.2 Å². The Labute approximate surface area is 91.2 Å². The summed E-state index contributed by atoms with van der Waals surface area (Å²) in [6.07, 6.45) is -17.9. The van der Waals surface area contributed by atoms with Crippen LogP contribution in [0.5, 0.6) is 0 Å². The second-order valence-corrected chi connectivity index (χ2v) is 3.09. The zero-order valence-corrected chi connectivity index (χ0v) is 7.71. The Morgan fingerprint density at radius 3 is 1.50 bits per heavy atom. The van der Waals surface area contributed by atoms with Crippen molar-refractivity contribution in [2.45, 2.75) is 30.8 Å². The molecule has 0 aliphatic carbocycles. The largest absolute Gasteiger partial charge is 0.490 e. The van der Waals surface area contributed by atoms with Crippen molar-refractivity contribution in [2.75, 3.05) is 0 Å². The average molecular weight is 296 g/mol. The highest BCUT2D eigenvalue weighted by molar-refractivity contribution is 5.04. The lowest BCUT2D eigenvalue weighted by Crippen LogP contribution is -2.51. The van der Waals surface area contributed by atoms with Crippen molar-refractivity contribution in [3.63, 3.8) is 0 Å². The van der Waals surface area contributed by atoms with Gasteiger partial charge in [0.25, 0.3) is 0 Å². The maximum absolute atomic E-state index is 12.9. The van der Waals surface area contributed by atoms with Crippen molar-refractivity contribution in [1.29, 1.82) is 0 Å². The van der Waals surface area contributed by atoms with Crippen molar-refractivity contribution in [3.05, 3.63) is 0 Å². The summed E-state index contributed by atoms with van der Waals surface area (Å²) in [5.41, 5.74) is 0. The molecule has 0 bridgehead atoms. The fraction of sp³-hybridized carbons (Fsp3) is 1.00. The highest BCUT2D eigenvalue weighted by atomic mass is 19.4. The quantitative estimate of drug-likeness (QED) is 0.368. The maximum Gasteiger partial charge on any atom is 0.490 e. The lowest BCUT2D eigenvalue weighted by atomic mass is 10.4. The van der Waals surface area contributed by atoms with Gasteiger partial charge < -0.3 is 0 Å². The Morgan fingerprint density at radius 2 is 1.28 bits per heavy atom. The lowest BCUT2D eigenvalue weighted by molar-refractivity contribution is -0.507. The van der Waals surface area contributed by atoms with Crippen LogP contribution >= 0.6 is 0 Å². The molecule has 0 aromatic heterocycles. The van der Waals surface area contributed by atoms with Crippen LogP contribution < -0.4 is 5.32 Å². The maximum atomic E-state index is 12.9. The minimum absolute atomic E-state index is 0.704. The number of hydroxylamine groups is 2. The van der Waals surface area contributed by atoms with Gasteiger partial charge in [-0.05, 0) is 0 Å². The number of nitrogens with zero attached hydrogens (tertiary/aromatic N) is 1. The SMILES string of the molecule is FC(F)(F)C1NC1(F)ON(C(F)(F)F)C(F)(F)F. The van der Waals surface area contributed by atoms with Crippen molar-refractivity contribution in [3.8, 4) is 0 Å². The Balaban J connectivity index is 2.83. The lowest BCUT2D eigenvalue weighted by Gasteiger charge is -2.26. The van der Waals surface area contributed by atoms with Gasteiger partial charge in [-0.1, -0.05) is 0 Å². The normalized spacial score (nSPS) is 29.8. The first-order valence-electron chi connectivity index (χ1n) is 3.84. The number of rotatable bonds is 2. The third kappa shape index (κ3) is 3.14. The molecule has 0 radical (unpaired) electrons. The number of alkyl halides is 10. The summed E-state index contributed by atoms with van der Waals surface area (Å²) in [6, 6.07) is -3.27. The second kappa shape index (κ2) is 3.84. The smallest absolute Gasteiger partial charge is 0.241 e. The Bertz CT molecular complexity index is 306. The molecular formula is C5H2F10N2O. The van der Waals surface area contributed by atoms with E-state index in [1.807, 2.05) is 0 Å². The minimum Gasteiger partial charge on any atom is -0.241 e. The summed E-state index contributed by atoms with van der Waals surface area (Å²) < 4.78 is 119. The van der Waals surface area contributed by atoms with Gasteiger partial charge in [0, 0.05) is 5.06 Å². The number of hydrogen-bond donors (Lipinski definition) is 1. The van der Waals surface area contributed by atoms with E-state index in [9.17, 15) is 43.9 Å². The van der Waals surface area contributed by atoms with Crippen LogP contribution in [0.2, 0.25) is 0 Å². The molecule has 0 aromatic rings. The zero-order valence-electron chi connectivity index (χ0n) is 7.71. The summed E-state index contributed by atoms with van der Waals surface area (Å²) in [5.74, 6) is -4.30. The van der Waals surface area contributed by atoms with Gasteiger partial charge in [-0.15, -0.1) is 0 Å². The molecule has 0 spiro atoms. The predicted molar refractivity (Wildman–Crippen MR) is 31.9 cm³/mol. The monoisotopic (exact) mass is 296 g/mol. The molecule has 2 atom stereocenters. The molecule has 108 valence electrons. The molecule has 0 saturated carbocycles. The molecule has 18 heavy (non-hydrogen) atoms. The van der Waals surface area contributed by atoms with Crippen LogP contribution in [0.25, 0.3) is 0 Å². The first-order valence-corrected chi connectivity index (χ1v) is 3.84. The topological polar surface area (TPSA) is 34.4 Å². The van der Waals surface area contributed by atoms with Crippen LogP contribution in [0.4, 0.5) is 43.9 Å². The molecular weight excluding hydrogens is 294 g/mol. The van der Waals surface area contributed by atoms with E-state index in [2.05, 4.69) is 4.84 Å². The summed E-state index contributed by atoms with van der Waals surface area (Å²) in [6.45, 7) is 0. The highest BCUT2D eigenvalue weighted by Gasteiger charge is 2.74. The van der Waals surface area contributed by atoms with Crippen LogP contribution in [0, 0.1) is 0 Å². The van der Waals surface area contributed by atoms with E-state index in [4.69, 9.17) is 0 Å². The van der Waals surface area contributed by atoms with Crippen LogP contribution in [-0.2, 0) is 4.84 Å². The van der Waals surface area contributed by atoms with Crippen LogP contribution in [0.15, 0.2) is 0 Å². The van der Waals surface area contributed by atoms with Gasteiger partial charge in [-0.2, -0.15) is 43.9 Å². The molecule has 1 N–H and O–H groups in total. The fourth-order valence-corrected chi connectivity index (χ4v) is 0.907. The van der Waals surface area contributed by atoms with Crippen LogP contribution in [-0.4, -0.2) is 35.9 Å². The summed E-state index contributed by atoms with van der Waals surface area (Å²) in [5, 5.41) is -2.05. The van der Waals surface area contributed by atoms with E-state index >= 15 is 0 Å². The highest BCUT2D eigenvalue weighted by Crippen LogP contribution is 2.45. The summed E-state index contributed by atoms with van der Waals surface area (Å²) >= 11 is 0. The number of hydrogen-bond acceptors (Lipinski definition) is 3. The number of nitrogens with one attached hydrogen (secondary N) is 1. The van der Waals surface area contributed by atoms with E-state index in [1.54, 1.807) is 0 Å². The van der Waals surface area contributed by atoms with Gasteiger partial charge in [-0.3, -0.25) is 0 Å².